The molecule has 18 heavy (non-hydrogen) atoms. The predicted molar refractivity (Wildman–Crippen MR) is 72.3 cm³/mol. The highest BCUT2D eigenvalue weighted by Crippen LogP contribution is 2.20. The molecule has 2 N–H and O–H groups in total. The van der Waals surface area contributed by atoms with Crippen molar-refractivity contribution in [1.29, 1.82) is 0 Å². The Morgan fingerprint density at radius 2 is 1.94 bits per heavy atom. The second kappa shape index (κ2) is 6.88. The SMILES string of the molecule is CC(OCC1CCOCC1)C(N)c1ccccc1. The molecule has 0 radical (unpaired) electrons. The van der Waals surface area contributed by atoms with Crippen molar-refractivity contribution in [2.45, 2.75) is 31.9 Å². The first kappa shape index (κ1) is 13.5. The van der Waals surface area contributed by atoms with Gasteiger partial charge in [-0.15, -0.1) is 0 Å². The van der Waals surface area contributed by atoms with Crippen LogP contribution in [-0.4, -0.2) is 25.9 Å². The number of nitrogens with two attached hydrogens (primary N) is 1. The van der Waals surface area contributed by atoms with Crippen molar-refractivity contribution in [1.82, 2.24) is 0 Å². The van der Waals surface area contributed by atoms with Crippen molar-refractivity contribution in [3.8, 4) is 0 Å². The summed E-state index contributed by atoms with van der Waals surface area (Å²) in [5.41, 5.74) is 7.34. The molecule has 2 atom stereocenters. The van der Waals surface area contributed by atoms with Crippen LogP contribution < -0.4 is 5.73 Å². The Kier molecular flexibility index (Phi) is 5.17. The molecule has 100 valence electrons. The van der Waals surface area contributed by atoms with Gasteiger partial charge in [0.25, 0.3) is 0 Å². The first-order valence-corrected chi connectivity index (χ1v) is 6.77. The number of rotatable bonds is 5. The van der Waals surface area contributed by atoms with E-state index in [2.05, 4.69) is 19.1 Å². The van der Waals surface area contributed by atoms with Crippen molar-refractivity contribution in [2.24, 2.45) is 11.7 Å². The largest absolute Gasteiger partial charge is 0.381 e. The minimum absolute atomic E-state index is 0.0500. The van der Waals surface area contributed by atoms with Crippen molar-refractivity contribution in [3.05, 3.63) is 35.9 Å². The van der Waals surface area contributed by atoms with Gasteiger partial charge in [0.15, 0.2) is 0 Å². The van der Waals surface area contributed by atoms with Gasteiger partial charge in [-0.2, -0.15) is 0 Å². The summed E-state index contributed by atoms with van der Waals surface area (Å²) in [7, 11) is 0. The molecule has 0 spiro atoms. The van der Waals surface area contributed by atoms with Gasteiger partial charge in [-0.1, -0.05) is 30.3 Å². The highest BCUT2D eigenvalue weighted by atomic mass is 16.5. The monoisotopic (exact) mass is 249 g/mol. The van der Waals surface area contributed by atoms with Crippen LogP contribution in [0.3, 0.4) is 0 Å². The molecule has 0 amide bonds. The molecular formula is C15H23NO2. The lowest BCUT2D eigenvalue weighted by molar-refractivity contribution is -0.0129. The van der Waals surface area contributed by atoms with E-state index >= 15 is 0 Å². The van der Waals surface area contributed by atoms with Crippen LogP contribution >= 0.6 is 0 Å². The molecule has 1 aliphatic rings. The molecule has 0 saturated carbocycles. The van der Waals surface area contributed by atoms with Gasteiger partial charge in [-0.3, -0.25) is 0 Å². The lowest BCUT2D eigenvalue weighted by atomic mass is 10.0. The van der Waals surface area contributed by atoms with E-state index in [4.69, 9.17) is 15.2 Å². The third kappa shape index (κ3) is 3.80. The van der Waals surface area contributed by atoms with E-state index in [9.17, 15) is 0 Å². The zero-order valence-corrected chi connectivity index (χ0v) is 11.0. The van der Waals surface area contributed by atoms with Crippen LogP contribution in [-0.2, 0) is 9.47 Å². The fourth-order valence-electron chi connectivity index (χ4n) is 2.25. The molecule has 1 aliphatic heterocycles. The zero-order valence-electron chi connectivity index (χ0n) is 11.0. The Morgan fingerprint density at radius 1 is 1.28 bits per heavy atom. The predicted octanol–water partition coefficient (Wildman–Crippen LogP) is 2.52. The summed E-state index contributed by atoms with van der Waals surface area (Å²) in [4.78, 5) is 0. The molecule has 0 aromatic heterocycles. The van der Waals surface area contributed by atoms with E-state index in [0.717, 1.165) is 38.2 Å². The van der Waals surface area contributed by atoms with Gasteiger partial charge in [0, 0.05) is 13.2 Å². The fourth-order valence-corrected chi connectivity index (χ4v) is 2.25. The second-order valence-corrected chi connectivity index (χ2v) is 5.03. The Hall–Kier alpha value is -0.900. The van der Waals surface area contributed by atoms with Crippen molar-refractivity contribution in [3.63, 3.8) is 0 Å². The maximum atomic E-state index is 6.20. The third-order valence-electron chi connectivity index (χ3n) is 3.63. The topological polar surface area (TPSA) is 44.5 Å². The van der Waals surface area contributed by atoms with Gasteiger partial charge in [0.05, 0.1) is 18.8 Å². The summed E-state index contributed by atoms with van der Waals surface area (Å²) in [5.74, 6) is 0.629. The average molecular weight is 249 g/mol. The summed E-state index contributed by atoms with van der Waals surface area (Å²) in [6.07, 6.45) is 2.26. The minimum atomic E-state index is -0.0500. The van der Waals surface area contributed by atoms with Crippen LogP contribution in [0.15, 0.2) is 30.3 Å². The molecule has 1 aromatic carbocycles. The van der Waals surface area contributed by atoms with Crippen molar-refractivity contribution in [2.75, 3.05) is 19.8 Å². The zero-order chi connectivity index (χ0) is 12.8. The van der Waals surface area contributed by atoms with Gasteiger partial charge in [0.1, 0.15) is 0 Å². The van der Waals surface area contributed by atoms with E-state index in [1.807, 2.05) is 18.2 Å². The van der Waals surface area contributed by atoms with Crippen LogP contribution in [0.2, 0.25) is 0 Å². The molecule has 1 saturated heterocycles. The molecule has 1 fully saturated rings. The van der Waals surface area contributed by atoms with Crippen LogP contribution in [0.1, 0.15) is 31.4 Å². The molecule has 1 heterocycles. The van der Waals surface area contributed by atoms with Gasteiger partial charge in [-0.25, -0.2) is 0 Å². The number of hydrogen-bond acceptors (Lipinski definition) is 3. The minimum Gasteiger partial charge on any atom is -0.381 e. The van der Waals surface area contributed by atoms with Crippen LogP contribution in [0, 0.1) is 5.92 Å². The van der Waals surface area contributed by atoms with Crippen molar-refractivity contribution >= 4 is 0 Å². The fraction of sp³-hybridized carbons (Fsp3) is 0.600. The lowest BCUT2D eigenvalue weighted by Crippen LogP contribution is -2.29. The molecule has 0 aliphatic carbocycles. The van der Waals surface area contributed by atoms with Crippen LogP contribution in [0.5, 0.6) is 0 Å². The number of benzene rings is 1. The Balaban J connectivity index is 1.78. The molecule has 3 heteroatoms. The quantitative estimate of drug-likeness (QED) is 0.872. The van der Waals surface area contributed by atoms with Gasteiger partial charge in [0.2, 0.25) is 0 Å². The standard InChI is InChI=1S/C15H23NO2/c1-12(15(16)14-5-3-2-4-6-14)18-11-13-7-9-17-10-8-13/h2-6,12-13,15H,7-11,16H2,1H3. The number of hydrogen-bond donors (Lipinski definition) is 1. The lowest BCUT2D eigenvalue weighted by Gasteiger charge is -2.26. The van der Waals surface area contributed by atoms with Gasteiger partial charge >= 0.3 is 0 Å². The van der Waals surface area contributed by atoms with Gasteiger partial charge < -0.3 is 15.2 Å². The summed E-state index contributed by atoms with van der Waals surface area (Å²) >= 11 is 0. The summed E-state index contributed by atoms with van der Waals surface area (Å²) in [6.45, 7) is 4.59. The van der Waals surface area contributed by atoms with E-state index in [1.54, 1.807) is 0 Å². The van der Waals surface area contributed by atoms with E-state index in [1.165, 1.54) is 0 Å². The summed E-state index contributed by atoms with van der Waals surface area (Å²) < 4.78 is 11.3. The Bertz CT molecular complexity index is 336. The summed E-state index contributed by atoms with van der Waals surface area (Å²) in [6, 6.07) is 10.1. The summed E-state index contributed by atoms with van der Waals surface area (Å²) in [5, 5.41) is 0. The second-order valence-electron chi connectivity index (χ2n) is 5.03. The highest BCUT2D eigenvalue weighted by molar-refractivity contribution is 5.19. The van der Waals surface area contributed by atoms with Gasteiger partial charge in [-0.05, 0) is 31.2 Å². The highest BCUT2D eigenvalue weighted by Gasteiger charge is 2.19. The van der Waals surface area contributed by atoms with E-state index in [-0.39, 0.29) is 12.1 Å². The molecule has 0 bridgehead atoms. The average Bonchev–Trinajstić information content (AvgIpc) is 2.46. The number of ether oxygens (including phenoxy) is 2. The first-order valence-electron chi connectivity index (χ1n) is 6.77. The van der Waals surface area contributed by atoms with Crippen LogP contribution in [0.25, 0.3) is 0 Å². The molecule has 1 aromatic rings. The molecule has 2 rings (SSSR count). The van der Waals surface area contributed by atoms with E-state index < -0.39 is 0 Å². The van der Waals surface area contributed by atoms with E-state index in [0.29, 0.717) is 5.92 Å². The first-order chi connectivity index (χ1) is 8.77. The smallest absolute Gasteiger partial charge is 0.0739 e. The third-order valence-corrected chi connectivity index (χ3v) is 3.63. The molecule has 3 nitrogen and oxygen atoms in total. The maximum Gasteiger partial charge on any atom is 0.0739 e. The Morgan fingerprint density at radius 3 is 2.61 bits per heavy atom. The molecule has 2 unspecified atom stereocenters. The molecular weight excluding hydrogens is 226 g/mol. The normalized spacial score (nSPS) is 20.6. The van der Waals surface area contributed by atoms with Crippen molar-refractivity contribution < 1.29 is 9.47 Å². The Labute approximate surface area is 109 Å². The van der Waals surface area contributed by atoms with Crippen LogP contribution in [0.4, 0.5) is 0 Å². The maximum absolute atomic E-state index is 6.20.